The van der Waals surface area contributed by atoms with Crippen molar-refractivity contribution in [2.24, 2.45) is 0 Å². The summed E-state index contributed by atoms with van der Waals surface area (Å²) in [7, 11) is 0. The monoisotopic (exact) mass is 404 g/mol. The minimum Gasteiger partial charge on any atom is -0.206 e. The van der Waals surface area contributed by atoms with Crippen molar-refractivity contribution in [3.8, 4) is 0 Å². The van der Waals surface area contributed by atoms with Crippen LogP contribution < -0.4 is 0 Å². The predicted octanol–water partition coefficient (Wildman–Crippen LogP) is 7.54. The largest absolute Gasteiger partial charge is 0.396 e. The molecule has 0 saturated carbocycles. The Kier molecular flexibility index (Phi) is 6.20. The number of benzene rings is 3. The maximum Gasteiger partial charge on any atom is 0.396 e. The van der Waals surface area contributed by atoms with Gasteiger partial charge in [-0.15, -0.1) is 0 Å². The molecule has 3 aromatic carbocycles. The summed E-state index contributed by atoms with van der Waals surface area (Å²) in [4.78, 5) is 0. The van der Waals surface area contributed by atoms with Gasteiger partial charge in [0.15, 0.2) is 0 Å². The van der Waals surface area contributed by atoms with Crippen LogP contribution in [-0.4, -0.2) is 6.18 Å². The van der Waals surface area contributed by atoms with Crippen molar-refractivity contribution in [2.45, 2.75) is 18.5 Å². The zero-order valence-electron chi connectivity index (χ0n) is 14.8. The molecule has 0 nitrogen and oxygen atoms in total. The average Bonchev–Trinajstić information content (AvgIpc) is 2.66. The van der Waals surface area contributed by atoms with Crippen LogP contribution in [0, 0.1) is 5.82 Å². The van der Waals surface area contributed by atoms with Gasteiger partial charge in [0, 0.05) is 10.6 Å². The molecule has 0 aromatic heterocycles. The molecule has 0 spiro atoms. The Balaban J connectivity index is 1.75. The van der Waals surface area contributed by atoms with Crippen molar-refractivity contribution in [3.63, 3.8) is 0 Å². The van der Waals surface area contributed by atoms with Crippen LogP contribution >= 0.6 is 11.6 Å². The van der Waals surface area contributed by atoms with E-state index in [0.29, 0.717) is 16.1 Å². The lowest BCUT2D eigenvalue weighted by Crippen LogP contribution is -2.22. The molecule has 3 aromatic rings. The lowest BCUT2D eigenvalue weighted by molar-refractivity contribution is -0.150. The third-order valence-corrected chi connectivity index (χ3v) is 4.67. The first-order valence-electron chi connectivity index (χ1n) is 8.66. The van der Waals surface area contributed by atoms with Gasteiger partial charge in [-0.3, -0.25) is 0 Å². The van der Waals surface area contributed by atoms with Crippen molar-refractivity contribution in [1.29, 1.82) is 0 Å². The molecule has 0 radical (unpaired) electrons. The summed E-state index contributed by atoms with van der Waals surface area (Å²) in [5.41, 5.74) is 1.98. The van der Waals surface area contributed by atoms with E-state index in [0.717, 1.165) is 5.56 Å². The van der Waals surface area contributed by atoms with Crippen LogP contribution in [0.25, 0.3) is 12.2 Å². The molecule has 0 amide bonds. The second kappa shape index (κ2) is 8.61. The van der Waals surface area contributed by atoms with Crippen LogP contribution in [0.3, 0.4) is 0 Å². The smallest absolute Gasteiger partial charge is 0.206 e. The third-order valence-electron chi connectivity index (χ3n) is 4.43. The van der Waals surface area contributed by atoms with Crippen molar-refractivity contribution in [3.05, 3.63) is 106 Å². The summed E-state index contributed by atoms with van der Waals surface area (Å²) in [5.74, 6) is -1.99. The minimum atomic E-state index is -4.33. The highest BCUT2D eigenvalue weighted by Gasteiger charge is 2.40. The molecule has 0 aliphatic carbocycles. The van der Waals surface area contributed by atoms with E-state index in [1.54, 1.807) is 66.7 Å². The second-order valence-electron chi connectivity index (χ2n) is 6.45. The zero-order valence-corrected chi connectivity index (χ0v) is 15.5. The van der Waals surface area contributed by atoms with E-state index in [-0.39, 0.29) is 12.0 Å². The van der Waals surface area contributed by atoms with E-state index in [9.17, 15) is 17.6 Å². The van der Waals surface area contributed by atoms with Gasteiger partial charge in [-0.05, 0) is 35.2 Å². The second-order valence-corrected chi connectivity index (χ2v) is 6.89. The maximum absolute atomic E-state index is 13.8. The Morgan fingerprint density at radius 3 is 2.14 bits per heavy atom. The summed E-state index contributed by atoms with van der Waals surface area (Å²) < 4.78 is 54.3. The molecule has 0 aliphatic rings. The molecule has 28 heavy (non-hydrogen) atoms. The molecule has 0 heterocycles. The summed E-state index contributed by atoms with van der Waals surface area (Å²) in [5, 5.41) is 0.316. The van der Waals surface area contributed by atoms with Crippen LogP contribution in [0.1, 0.15) is 28.2 Å². The molecule has 1 atom stereocenters. The van der Waals surface area contributed by atoms with Crippen molar-refractivity contribution in [2.75, 3.05) is 0 Å². The van der Waals surface area contributed by atoms with Crippen molar-refractivity contribution in [1.82, 2.24) is 0 Å². The van der Waals surface area contributed by atoms with Crippen LogP contribution in [-0.2, 0) is 6.42 Å². The highest BCUT2D eigenvalue weighted by atomic mass is 35.5. The Labute approximate surface area is 166 Å². The Bertz CT molecular complexity index is 945. The highest BCUT2D eigenvalue weighted by molar-refractivity contribution is 6.30. The Morgan fingerprint density at radius 2 is 1.54 bits per heavy atom. The molecule has 144 valence electrons. The van der Waals surface area contributed by atoms with Crippen LogP contribution in [0.15, 0.2) is 72.8 Å². The van der Waals surface area contributed by atoms with Gasteiger partial charge in [0.25, 0.3) is 0 Å². The van der Waals surface area contributed by atoms with Gasteiger partial charge < -0.3 is 0 Å². The first-order valence-corrected chi connectivity index (χ1v) is 9.04. The maximum atomic E-state index is 13.8. The fourth-order valence-corrected chi connectivity index (χ4v) is 3.09. The summed E-state index contributed by atoms with van der Waals surface area (Å²) in [6.07, 6.45) is -1.16. The molecular weight excluding hydrogens is 388 g/mol. The van der Waals surface area contributed by atoms with Crippen LogP contribution in [0.2, 0.25) is 5.02 Å². The normalized spacial score (nSPS) is 13.0. The van der Waals surface area contributed by atoms with E-state index >= 15 is 0 Å². The number of hydrogen-bond donors (Lipinski definition) is 0. The number of alkyl halides is 3. The van der Waals surface area contributed by atoms with E-state index < -0.39 is 17.9 Å². The van der Waals surface area contributed by atoms with Gasteiger partial charge in [-0.1, -0.05) is 84.4 Å². The fraction of sp³-hybridized carbons (Fsp3) is 0.130. The zero-order chi connectivity index (χ0) is 20.1. The quantitative estimate of drug-likeness (QED) is 0.304. The van der Waals surface area contributed by atoms with E-state index in [4.69, 9.17) is 11.6 Å². The summed E-state index contributed by atoms with van der Waals surface area (Å²) in [6, 6.07) is 19.1. The minimum absolute atomic E-state index is 0.136. The van der Waals surface area contributed by atoms with Crippen molar-refractivity contribution >= 4 is 23.8 Å². The molecule has 0 saturated heterocycles. The van der Waals surface area contributed by atoms with Gasteiger partial charge in [0.05, 0.1) is 5.92 Å². The molecule has 0 aliphatic heterocycles. The van der Waals surface area contributed by atoms with E-state index in [2.05, 4.69) is 0 Å². The van der Waals surface area contributed by atoms with Gasteiger partial charge in [-0.25, -0.2) is 4.39 Å². The van der Waals surface area contributed by atoms with Gasteiger partial charge in [-0.2, -0.15) is 13.2 Å². The first kappa shape index (κ1) is 20.2. The predicted molar refractivity (Wildman–Crippen MR) is 106 cm³/mol. The lowest BCUT2D eigenvalue weighted by Gasteiger charge is -2.21. The topological polar surface area (TPSA) is 0 Å². The van der Waals surface area contributed by atoms with Gasteiger partial charge in [0.2, 0.25) is 0 Å². The molecule has 3 rings (SSSR count). The molecular formula is C23H17ClF4. The highest BCUT2D eigenvalue weighted by Crippen LogP contribution is 2.37. The van der Waals surface area contributed by atoms with E-state index in [1.807, 2.05) is 0 Å². The Morgan fingerprint density at radius 1 is 0.857 bits per heavy atom. The third kappa shape index (κ3) is 5.23. The van der Waals surface area contributed by atoms with Gasteiger partial charge in [0.1, 0.15) is 5.82 Å². The average molecular weight is 405 g/mol. The van der Waals surface area contributed by atoms with Crippen LogP contribution in [0.5, 0.6) is 0 Å². The lowest BCUT2D eigenvalue weighted by atomic mass is 9.91. The molecule has 0 fully saturated rings. The van der Waals surface area contributed by atoms with E-state index in [1.165, 1.54) is 18.2 Å². The van der Waals surface area contributed by atoms with Gasteiger partial charge >= 0.3 is 6.18 Å². The van der Waals surface area contributed by atoms with Crippen LogP contribution in [0.4, 0.5) is 17.6 Å². The number of halogens is 5. The molecule has 0 N–H and O–H groups in total. The molecule has 0 bridgehead atoms. The fourth-order valence-electron chi connectivity index (χ4n) is 2.93. The summed E-state index contributed by atoms with van der Waals surface area (Å²) in [6.45, 7) is 0. The summed E-state index contributed by atoms with van der Waals surface area (Å²) >= 11 is 5.73. The number of rotatable bonds is 5. The Hall–Kier alpha value is -2.59. The van der Waals surface area contributed by atoms with Crippen molar-refractivity contribution < 1.29 is 17.6 Å². The first-order chi connectivity index (χ1) is 13.3. The molecule has 1 unspecified atom stereocenters. The molecule has 5 heteroatoms. The SMILES string of the molecule is Fc1cc(Cl)ccc1/C=C/c1ccc(CC(c2ccccc2)C(F)(F)F)cc1. The number of hydrogen-bond acceptors (Lipinski definition) is 0. The standard InChI is InChI=1S/C23H17ClF4/c24-20-13-12-19(22(25)15-20)11-10-16-6-8-17(9-7-16)14-21(23(26,27)28)18-4-2-1-3-5-18/h1-13,15,21H,14H2/b11-10+.